The fourth-order valence-corrected chi connectivity index (χ4v) is 2.02. The molecule has 0 aliphatic rings. The average Bonchev–Trinajstić information content (AvgIpc) is 2.32. The lowest BCUT2D eigenvalue weighted by Gasteiger charge is -2.05. The molecule has 0 unspecified atom stereocenters. The molecule has 0 spiro atoms. The first-order valence-corrected chi connectivity index (χ1v) is 5.31. The molecule has 0 bridgehead atoms. The number of rotatable bonds is 0. The second-order valence-corrected chi connectivity index (χ2v) is 4.02. The maximum absolute atomic E-state index is 12.3. The van der Waals surface area contributed by atoms with Crippen LogP contribution in [-0.2, 0) is 0 Å². The van der Waals surface area contributed by atoms with E-state index in [1.54, 1.807) is 12.1 Å². The van der Waals surface area contributed by atoms with E-state index in [-0.39, 0.29) is 5.43 Å². The Morgan fingerprint density at radius 2 is 1.29 bits per heavy atom. The summed E-state index contributed by atoms with van der Waals surface area (Å²) in [4.78, 5) is 12.3. The third kappa shape index (κ3) is 1.37. The largest absolute Gasteiger partial charge is 0.455 e. The van der Waals surface area contributed by atoms with Gasteiger partial charge in [0.15, 0.2) is 0 Å². The fraction of sp³-hybridized carbons (Fsp3) is 0. The van der Waals surface area contributed by atoms with Crippen molar-refractivity contribution in [3.8, 4) is 0 Å². The van der Waals surface area contributed by atoms with Crippen molar-refractivity contribution in [1.29, 1.82) is 0 Å². The van der Waals surface area contributed by atoms with E-state index in [9.17, 15) is 4.79 Å². The summed E-state index contributed by atoms with van der Waals surface area (Å²) in [6.45, 7) is 7.75. The third-order valence-corrected chi connectivity index (χ3v) is 2.89. The molecule has 3 aromatic rings. The van der Waals surface area contributed by atoms with Crippen LogP contribution in [0.3, 0.4) is 0 Å². The van der Waals surface area contributed by atoms with E-state index in [1.165, 1.54) is 0 Å². The summed E-state index contributed by atoms with van der Waals surface area (Å²) < 4.78 is 5.76. The Kier molecular flexibility index (Phi) is 2.05. The third-order valence-electron chi connectivity index (χ3n) is 2.89. The number of para-hydroxylation sites is 2. The van der Waals surface area contributed by atoms with Gasteiger partial charge in [0.25, 0.3) is 0 Å². The van der Waals surface area contributed by atoms with Gasteiger partial charge in [-0.3, -0.25) is 4.79 Å². The van der Waals surface area contributed by atoms with Gasteiger partial charge in [0.1, 0.15) is 11.2 Å². The molecule has 2 heteroatoms. The molecule has 0 N–H and O–H groups in total. The lowest BCUT2D eigenvalue weighted by Crippen LogP contribution is -2.03. The van der Waals surface area contributed by atoms with Crippen molar-refractivity contribution in [1.82, 2.24) is 0 Å². The van der Waals surface area contributed by atoms with Gasteiger partial charge in [-0.15, -0.1) is 0 Å². The zero-order chi connectivity index (χ0) is 12.0. The Balaban J connectivity index is 2.68. The molecule has 1 heterocycles. The van der Waals surface area contributed by atoms with Gasteiger partial charge in [-0.05, 0) is 37.1 Å². The molecule has 0 saturated heterocycles. The minimum absolute atomic E-state index is 0.0303. The van der Waals surface area contributed by atoms with Crippen molar-refractivity contribution in [3.05, 3.63) is 71.6 Å². The first-order valence-electron chi connectivity index (χ1n) is 5.31. The molecule has 2 nitrogen and oxygen atoms in total. The van der Waals surface area contributed by atoms with Gasteiger partial charge < -0.3 is 4.42 Å². The van der Waals surface area contributed by atoms with Crippen LogP contribution in [0.2, 0.25) is 0 Å². The van der Waals surface area contributed by atoms with Gasteiger partial charge >= 0.3 is 0 Å². The Morgan fingerprint density at radius 1 is 0.824 bits per heavy atom. The van der Waals surface area contributed by atoms with Gasteiger partial charge in [0, 0.05) is 0 Å². The highest BCUT2D eigenvalue weighted by atomic mass is 16.3. The summed E-state index contributed by atoms with van der Waals surface area (Å²) in [6.07, 6.45) is 0. The summed E-state index contributed by atoms with van der Waals surface area (Å²) in [6, 6.07) is 10.8. The van der Waals surface area contributed by atoms with Crippen molar-refractivity contribution in [3.63, 3.8) is 0 Å². The number of benzene rings is 2. The summed E-state index contributed by atoms with van der Waals surface area (Å²) in [5, 5.41) is 1.13. The lowest BCUT2D eigenvalue weighted by atomic mass is 10.1. The number of fused-ring (bicyclic) bond motifs is 2. The maximum atomic E-state index is 12.3. The van der Waals surface area contributed by atoms with Crippen LogP contribution in [0.4, 0.5) is 0 Å². The summed E-state index contributed by atoms with van der Waals surface area (Å²) in [5.41, 5.74) is 2.48. The molecule has 17 heavy (non-hydrogen) atoms. The SMILES string of the molecule is [CH2]c1cccc2c(=O)c3cccc([CH2])c3oc12. The zero-order valence-electron chi connectivity index (χ0n) is 9.19. The average molecular weight is 222 g/mol. The first-order chi connectivity index (χ1) is 8.18. The predicted molar refractivity (Wildman–Crippen MR) is 68.9 cm³/mol. The second kappa shape index (κ2) is 3.45. The van der Waals surface area contributed by atoms with Crippen molar-refractivity contribution >= 4 is 21.9 Å². The summed E-state index contributed by atoms with van der Waals surface area (Å²) >= 11 is 0. The van der Waals surface area contributed by atoms with Crippen LogP contribution in [0.1, 0.15) is 11.1 Å². The smallest absolute Gasteiger partial charge is 0.200 e. The topological polar surface area (TPSA) is 30.2 Å². The molecule has 0 saturated carbocycles. The van der Waals surface area contributed by atoms with E-state index in [0.29, 0.717) is 33.1 Å². The van der Waals surface area contributed by atoms with Gasteiger partial charge in [-0.2, -0.15) is 0 Å². The lowest BCUT2D eigenvalue weighted by molar-refractivity contribution is 0.656. The normalized spacial score (nSPS) is 11.2. The summed E-state index contributed by atoms with van der Waals surface area (Å²) in [5.74, 6) is 0. The van der Waals surface area contributed by atoms with Crippen LogP contribution < -0.4 is 5.43 Å². The first kappa shape index (κ1) is 10.1. The Morgan fingerprint density at radius 3 is 1.76 bits per heavy atom. The molecular formula is C15H10O2. The molecule has 0 aliphatic carbocycles. The monoisotopic (exact) mass is 222 g/mol. The van der Waals surface area contributed by atoms with Gasteiger partial charge in [0.2, 0.25) is 5.43 Å². The van der Waals surface area contributed by atoms with Crippen molar-refractivity contribution < 1.29 is 4.42 Å². The van der Waals surface area contributed by atoms with Crippen LogP contribution >= 0.6 is 0 Å². The molecule has 3 rings (SSSR count). The van der Waals surface area contributed by atoms with E-state index in [4.69, 9.17) is 4.42 Å². The molecule has 82 valence electrons. The number of hydrogen-bond acceptors (Lipinski definition) is 2. The van der Waals surface area contributed by atoms with Gasteiger partial charge in [-0.25, -0.2) is 0 Å². The van der Waals surface area contributed by atoms with Crippen LogP contribution in [0.5, 0.6) is 0 Å². The molecule has 0 atom stereocenters. The molecule has 0 amide bonds. The Labute approximate surface area is 98.5 Å². The predicted octanol–water partition coefficient (Wildman–Crippen LogP) is 3.31. The standard InChI is InChI=1S/C15H10O2/c1-9-5-3-7-11-13(16)12-8-4-6-10(2)15(12)17-14(9)11/h3-8H,1-2H2. The minimum Gasteiger partial charge on any atom is -0.455 e. The van der Waals surface area contributed by atoms with Gasteiger partial charge in [0.05, 0.1) is 10.8 Å². The van der Waals surface area contributed by atoms with E-state index in [0.717, 1.165) is 0 Å². The van der Waals surface area contributed by atoms with Crippen LogP contribution in [0.25, 0.3) is 21.9 Å². The Bertz CT molecular complexity index is 719. The second-order valence-electron chi connectivity index (χ2n) is 4.02. The minimum atomic E-state index is -0.0303. The summed E-state index contributed by atoms with van der Waals surface area (Å²) in [7, 11) is 0. The fourth-order valence-electron chi connectivity index (χ4n) is 2.02. The quantitative estimate of drug-likeness (QED) is 0.546. The molecule has 2 radical (unpaired) electrons. The molecule has 0 aliphatic heterocycles. The molecular weight excluding hydrogens is 212 g/mol. The Hall–Kier alpha value is -2.09. The van der Waals surface area contributed by atoms with E-state index < -0.39 is 0 Å². The van der Waals surface area contributed by atoms with Crippen LogP contribution in [-0.4, -0.2) is 0 Å². The van der Waals surface area contributed by atoms with Crippen molar-refractivity contribution in [2.45, 2.75) is 0 Å². The van der Waals surface area contributed by atoms with Crippen LogP contribution in [0.15, 0.2) is 45.6 Å². The highest BCUT2D eigenvalue weighted by molar-refractivity contribution is 5.92. The van der Waals surface area contributed by atoms with E-state index in [1.807, 2.05) is 24.3 Å². The molecule has 2 aromatic carbocycles. The highest BCUT2D eigenvalue weighted by Gasteiger charge is 2.09. The highest BCUT2D eigenvalue weighted by Crippen LogP contribution is 2.23. The van der Waals surface area contributed by atoms with Crippen molar-refractivity contribution in [2.75, 3.05) is 0 Å². The molecule has 0 fully saturated rings. The van der Waals surface area contributed by atoms with E-state index in [2.05, 4.69) is 13.8 Å². The number of hydrogen-bond donors (Lipinski definition) is 0. The van der Waals surface area contributed by atoms with Crippen LogP contribution in [0, 0.1) is 13.8 Å². The van der Waals surface area contributed by atoms with E-state index >= 15 is 0 Å². The van der Waals surface area contributed by atoms with Gasteiger partial charge in [-0.1, -0.05) is 24.3 Å². The zero-order valence-corrected chi connectivity index (χ0v) is 9.19. The van der Waals surface area contributed by atoms with Crippen molar-refractivity contribution in [2.24, 2.45) is 0 Å². The maximum Gasteiger partial charge on any atom is 0.200 e. The molecule has 1 aromatic heterocycles.